The molecule has 2 amide bonds. The summed E-state index contributed by atoms with van der Waals surface area (Å²) >= 11 is 0. The standard InChI is InChI=1S/C25H23FN2O6/c1-2-11-27-25(31)23-10-8-17(34-23)13-28-19-12-16(7-9-22(19)33-15-24(28)30)20(29)14-32-21-6-4-3-5-18(21)26/h3-10,12H,2,11,13-15H2,1H3,(H,27,31). The van der Waals surface area contributed by atoms with Crippen molar-refractivity contribution >= 4 is 23.3 Å². The molecule has 0 bridgehead atoms. The van der Waals surface area contributed by atoms with E-state index in [0.29, 0.717) is 23.7 Å². The Morgan fingerprint density at radius 2 is 1.97 bits per heavy atom. The summed E-state index contributed by atoms with van der Waals surface area (Å²) in [4.78, 5) is 38.8. The van der Waals surface area contributed by atoms with Crippen LogP contribution in [0.25, 0.3) is 0 Å². The van der Waals surface area contributed by atoms with Gasteiger partial charge in [0.1, 0.15) is 11.5 Å². The predicted octanol–water partition coefficient (Wildman–Crippen LogP) is 3.75. The van der Waals surface area contributed by atoms with Gasteiger partial charge >= 0.3 is 0 Å². The molecule has 8 nitrogen and oxygen atoms in total. The lowest BCUT2D eigenvalue weighted by Gasteiger charge is -2.29. The monoisotopic (exact) mass is 466 g/mol. The number of anilines is 1. The Hall–Kier alpha value is -4.14. The number of hydrogen-bond donors (Lipinski definition) is 1. The van der Waals surface area contributed by atoms with Crippen LogP contribution in [-0.4, -0.2) is 37.4 Å². The Labute approximate surface area is 195 Å². The Morgan fingerprint density at radius 3 is 2.76 bits per heavy atom. The van der Waals surface area contributed by atoms with Crippen LogP contribution in [0, 0.1) is 5.82 Å². The fraction of sp³-hybridized carbons (Fsp3) is 0.240. The van der Waals surface area contributed by atoms with Gasteiger partial charge in [0, 0.05) is 12.1 Å². The van der Waals surface area contributed by atoms with Crippen LogP contribution in [0.3, 0.4) is 0 Å². The molecule has 9 heteroatoms. The molecule has 0 unspecified atom stereocenters. The van der Waals surface area contributed by atoms with Crippen LogP contribution < -0.4 is 19.7 Å². The number of nitrogens with zero attached hydrogens (tertiary/aromatic N) is 1. The van der Waals surface area contributed by atoms with Crippen LogP contribution in [0.4, 0.5) is 10.1 Å². The van der Waals surface area contributed by atoms with Gasteiger partial charge in [0.25, 0.3) is 11.8 Å². The number of Topliss-reactive ketones (excluding diaryl/α,β-unsaturated/α-hetero) is 1. The summed E-state index contributed by atoms with van der Waals surface area (Å²) in [5.74, 6) is -0.646. The van der Waals surface area contributed by atoms with Crippen molar-refractivity contribution in [3.8, 4) is 11.5 Å². The van der Waals surface area contributed by atoms with Crippen molar-refractivity contribution in [1.29, 1.82) is 0 Å². The van der Waals surface area contributed by atoms with E-state index in [-0.39, 0.29) is 48.6 Å². The quantitative estimate of drug-likeness (QED) is 0.483. The van der Waals surface area contributed by atoms with E-state index in [1.807, 2.05) is 6.92 Å². The van der Waals surface area contributed by atoms with Crippen molar-refractivity contribution in [3.63, 3.8) is 0 Å². The van der Waals surface area contributed by atoms with Gasteiger partial charge in [0.2, 0.25) is 0 Å². The minimum Gasteiger partial charge on any atom is -0.482 e. The van der Waals surface area contributed by atoms with Crippen LogP contribution in [0.5, 0.6) is 11.5 Å². The number of hydrogen-bond acceptors (Lipinski definition) is 6. The summed E-state index contributed by atoms with van der Waals surface area (Å²) in [6.45, 7) is 1.99. The highest BCUT2D eigenvalue weighted by Gasteiger charge is 2.28. The molecule has 4 rings (SSSR count). The van der Waals surface area contributed by atoms with E-state index in [1.54, 1.807) is 30.3 Å². The highest BCUT2D eigenvalue weighted by atomic mass is 19.1. The number of amides is 2. The number of ether oxygens (including phenoxy) is 2. The first-order chi connectivity index (χ1) is 16.5. The van der Waals surface area contributed by atoms with E-state index in [4.69, 9.17) is 13.9 Å². The van der Waals surface area contributed by atoms with Gasteiger partial charge in [-0.1, -0.05) is 19.1 Å². The summed E-state index contributed by atoms with van der Waals surface area (Å²) in [6, 6.07) is 13.7. The molecule has 1 N–H and O–H groups in total. The maximum atomic E-state index is 13.8. The van der Waals surface area contributed by atoms with Crippen molar-refractivity contribution in [3.05, 3.63) is 77.5 Å². The molecule has 176 valence electrons. The number of furan rings is 1. The highest BCUT2D eigenvalue weighted by molar-refractivity contribution is 6.02. The average Bonchev–Trinajstić information content (AvgIpc) is 3.32. The van der Waals surface area contributed by atoms with Crippen molar-refractivity contribution in [1.82, 2.24) is 5.32 Å². The number of fused-ring (bicyclic) bond motifs is 1. The van der Waals surface area contributed by atoms with Gasteiger partial charge in [0.05, 0.1) is 12.2 Å². The lowest BCUT2D eigenvalue weighted by Crippen LogP contribution is -2.38. The van der Waals surface area contributed by atoms with Crippen LogP contribution in [-0.2, 0) is 11.3 Å². The zero-order valence-corrected chi connectivity index (χ0v) is 18.5. The van der Waals surface area contributed by atoms with Gasteiger partial charge in [-0.2, -0.15) is 0 Å². The molecule has 0 spiro atoms. The van der Waals surface area contributed by atoms with Crippen molar-refractivity contribution < 1.29 is 32.7 Å². The second-order valence-corrected chi connectivity index (χ2v) is 7.62. The molecule has 0 saturated carbocycles. The van der Waals surface area contributed by atoms with Crippen LogP contribution in [0.15, 0.2) is 59.0 Å². The molecule has 0 saturated heterocycles. The van der Waals surface area contributed by atoms with Crippen molar-refractivity contribution in [2.24, 2.45) is 0 Å². The third kappa shape index (κ3) is 5.09. The molecular formula is C25H23FN2O6. The lowest BCUT2D eigenvalue weighted by atomic mass is 10.1. The number of ketones is 1. The number of benzene rings is 2. The van der Waals surface area contributed by atoms with Gasteiger partial charge in [-0.05, 0) is 48.9 Å². The first-order valence-electron chi connectivity index (χ1n) is 10.8. The number of carbonyl (C=O) groups is 3. The zero-order chi connectivity index (χ0) is 24.1. The second kappa shape index (κ2) is 10.2. The Balaban J connectivity index is 1.50. The SMILES string of the molecule is CCCNC(=O)c1ccc(CN2C(=O)COc3ccc(C(=O)COc4ccccc4F)cc32)o1. The summed E-state index contributed by atoms with van der Waals surface area (Å²) in [7, 11) is 0. The molecule has 2 heterocycles. The average molecular weight is 466 g/mol. The molecule has 1 aliphatic heterocycles. The molecule has 0 atom stereocenters. The fourth-order valence-electron chi connectivity index (χ4n) is 3.40. The number of para-hydroxylation sites is 1. The Morgan fingerprint density at radius 1 is 1.15 bits per heavy atom. The number of nitrogens with one attached hydrogen (secondary N) is 1. The zero-order valence-electron chi connectivity index (χ0n) is 18.5. The van der Waals surface area contributed by atoms with Gasteiger partial charge in [-0.15, -0.1) is 0 Å². The third-order valence-electron chi connectivity index (χ3n) is 5.15. The predicted molar refractivity (Wildman–Crippen MR) is 121 cm³/mol. The molecule has 0 fully saturated rings. The fourth-order valence-corrected chi connectivity index (χ4v) is 3.40. The first kappa shape index (κ1) is 23.0. The summed E-state index contributed by atoms with van der Waals surface area (Å²) in [5, 5.41) is 2.73. The summed E-state index contributed by atoms with van der Waals surface area (Å²) in [6.07, 6.45) is 0.796. The van der Waals surface area contributed by atoms with E-state index in [0.717, 1.165) is 6.42 Å². The first-order valence-corrected chi connectivity index (χ1v) is 10.8. The summed E-state index contributed by atoms with van der Waals surface area (Å²) in [5.41, 5.74) is 0.666. The number of rotatable bonds is 9. The maximum absolute atomic E-state index is 13.8. The van der Waals surface area contributed by atoms with Gasteiger partial charge in [-0.3, -0.25) is 19.3 Å². The Bertz CT molecular complexity index is 1220. The normalized spacial score (nSPS) is 12.6. The molecule has 0 aliphatic carbocycles. The molecule has 3 aromatic rings. The van der Waals surface area contributed by atoms with Gasteiger partial charge in [-0.25, -0.2) is 4.39 Å². The molecule has 1 aliphatic rings. The van der Waals surface area contributed by atoms with Crippen LogP contribution >= 0.6 is 0 Å². The molecular weight excluding hydrogens is 443 g/mol. The van der Waals surface area contributed by atoms with Crippen molar-refractivity contribution in [2.75, 3.05) is 24.7 Å². The maximum Gasteiger partial charge on any atom is 0.286 e. The third-order valence-corrected chi connectivity index (χ3v) is 5.15. The molecule has 1 aromatic heterocycles. The van der Waals surface area contributed by atoms with E-state index < -0.39 is 11.6 Å². The topological polar surface area (TPSA) is 98.1 Å². The van der Waals surface area contributed by atoms with E-state index >= 15 is 0 Å². The highest BCUT2D eigenvalue weighted by Crippen LogP contribution is 2.34. The second-order valence-electron chi connectivity index (χ2n) is 7.62. The molecule has 2 aromatic carbocycles. The summed E-state index contributed by atoms with van der Waals surface area (Å²) < 4.78 is 30.2. The van der Waals surface area contributed by atoms with Crippen molar-refractivity contribution in [2.45, 2.75) is 19.9 Å². The smallest absolute Gasteiger partial charge is 0.286 e. The van der Waals surface area contributed by atoms with Gasteiger partial charge < -0.3 is 19.2 Å². The largest absolute Gasteiger partial charge is 0.482 e. The van der Waals surface area contributed by atoms with E-state index in [1.165, 1.54) is 29.2 Å². The Kier molecular flexibility index (Phi) is 6.91. The number of halogens is 1. The minimum atomic E-state index is -0.563. The van der Waals surface area contributed by atoms with E-state index in [2.05, 4.69) is 5.32 Å². The number of carbonyl (C=O) groups excluding carboxylic acids is 3. The lowest BCUT2D eigenvalue weighted by molar-refractivity contribution is -0.121. The molecule has 34 heavy (non-hydrogen) atoms. The van der Waals surface area contributed by atoms with Crippen LogP contribution in [0.2, 0.25) is 0 Å². The minimum absolute atomic E-state index is 0.0226. The van der Waals surface area contributed by atoms with Gasteiger partial charge in [0.15, 0.2) is 36.3 Å². The van der Waals surface area contributed by atoms with Crippen LogP contribution in [0.1, 0.15) is 40.0 Å². The van der Waals surface area contributed by atoms with E-state index in [9.17, 15) is 18.8 Å². The molecule has 0 radical (unpaired) electrons.